The van der Waals surface area contributed by atoms with Crippen LogP contribution in [0.5, 0.6) is 0 Å². The molecule has 2 aromatic rings. The van der Waals surface area contributed by atoms with Crippen molar-refractivity contribution < 1.29 is 14.0 Å². The van der Waals surface area contributed by atoms with Crippen LogP contribution in [0.2, 0.25) is 0 Å². The van der Waals surface area contributed by atoms with Gasteiger partial charge in [-0.1, -0.05) is 12.1 Å². The van der Waals surface area contributed by atoms with Gasteiger partial charge < -0.3 is 11.1 Å². The van der Waals surface area contributed by atoms with Gasteiger partial charge in [-0.05, 0) is 32.9 Å². The van der Waals surface area contributed by atoms with Crippen LogP contribution >= 0.6 is 0 Å². The van der Waals surface area contributed by atoms with Gasteiger partial charge in [0.05, 0.1) is 18.8 Å². The van der Waals surface area contributed by atoms with Crippen LogP contribution in [0, 0.1) is 12.7 Å². The van der Waals surface area contributed by atoms with E-state index in [1.807, 2.05) is 13.8 Å². The van der Waals surface area contributed by atoms with Gasteiger partial charge in [0.2, 0.25) is 11.8 Å². The number of hydrogen-bond donors (Lipinski definition) is 2. The van der Waals surface area contributed by atoms with Crippen molar-refractivity contribution >= 4 is 17.6 Å². The molecule has 0 aliphatic carbocycles. The maximum absolute atomic E-state index is 14.0. The van der Waals surface area contributed by atoms with Crippen molar-refractivity contribution in [3.8, 4) is 5.69 Å². The van der Waals surface area contributed by atoms with E-state index in [2.05, 4.69) is 10.4 Å². The molecule has 8 heteroatoms. The van der Waals surface area contributed by atoms with E-state index in [1.54, 1.807) is 36.1 Å². The van der Waals surface area contributed by atoms with Gasteiger partial charge in [0, 0.05) is 12.1 Å². The Balaban J connectivity index is 2.19. The lowest BCUT2D eigenvalue weighted by molar-refractivity contribution is -0.121. The minimum absolute atomic E-state index is 0.0118. The van der Waals surface area contributed by atoms with E-state index in [9.17, 15) is 14.0 Å². The number of anilines is 1. The second-order valence-corrected chi connectivity index (χ2v) is 6.05. The SMILES string of the molecule is Cc1cc(NC(=O)CN(CC(N)=O)C(C)C)n(-c2ccccc2F)n1. The van der Waals surface area contributed by atoms with E-state index in [0.717, 1.165) is 0 Å². The normalized spacial score (nSPS) is 11.1. The number of nitrogens with one attached hydrogen (secondary N) is 1. The molecule has 0 atom stereocenters. The summed E-state index contributed by atoms with van der Waals surface area (Å²) in [5, 5.41) is 6.95. The first-order valence-corrected chi connectivity index (χ1v) is 7.91. The smallest absolute Gasteiger partial charge is 0.239 e. The predicted molar refractivity (Wildman–Crippen MR) is 92.8 cm³/mol. The molecule has 25 heavy (non-hydrogen) atoms. The molecule has 0 aliphatic heterocycles. The Kier molecular flexibility index (Phi) is 5.87. The molecule has 134 valence electrons. The molecular weight excluding hydrogens is 325 g/mol. The van der Waals surface area contributed by atoms with Crippen LogP contribution in [0.3, 0.4) is 0 Å². The van der Waals surface area contributed by atoms with Crippen LogP contribution in [-0.4, -0.2) is 45.6 Å². The second-order valence-electron chi connectivity index (χ2n) is 6.05. The van der Waals surface area contributed by atoms with E-state index >= 15 is 0 Å². The number of nitrogens with zero attached hydrogens (tertiary/aromatic N) is 3. The Morgan fingerprint density at radius 2 is 2.00 bits per heavy atom. The lowest BCUT2D eigenvalue weighted by Gasteiger charge is -2.24. The van der Waals surface area contributed by atoms with Crippen molar-refractivity contribution in [3.05, 3.63) is 41.8 Å². The highest BCUT2D eigenvalue weighted by Gasteiger charge is 2.18. The van der Waals surface area contributed by atoms with Gasteiger partial charge in [-0.3, -0.25) is 14.5 Å². The number of amides is 2. The second kappa shape index (κ2) is 7.89. The van der Waals surface area contributed by atoms with Crippen molar-refractivity contribution in [1.82, 2.24) is 14.7 Å². The molecule has 1 aromatic heterocycles. The van der Waals surface area contributed by atoms with Crippen molar-refractivity contribution in [2.75, 3.05) is 18.4 Å². The Morgan fingerprint density at radius 3 is 2.60 bits per heavy atom. The molecule has 1 aromatic carbocycles. The van der Waals surface area contributed by atoms with Gasteiger partial charge in [0.1, 0.15) is 17.3 Å². The molecule has 7 nitrogen and oxygen atoms in total. The fourth-order valence-electron chi connectivity index (χ4n) is 2.38. The first-order chi connectivity index (χ1) is 11.8. The number of carbonyl (C=O) groups is 2. The van der Waals surface area contributed by atoms with Crippen molar-refractivity contribution in [2.24, 2.45) is 5.73 Å². The number of rotatable bonds is 7. The van der Waals surface area contributed by atoms with Gasteiger partial charge in [0.25, 0.3) is 0 Å². The summed E-state index contributed by atoms with van der Waals surface area (Å²) in [5.41, 5.74) is 6.09. The maximum atomic E-state index is 14.0. The van der Waals surface area contributed by atoms with Gasteiger partial charge in [-0.25, -0.2) is 9.07 Å². The molecule has 2 amide bonds. The quantitative estimate of drug-likeness (QED) is 0.793. The number of nitrogens with two attached hydrogens (primary N) is 1. The van der Waals surface area contributed by atoms with Crippen molar-refractivity contribution in [2.45, 2.75) is 26.8 Å². The van der Waals surface area contributed by atoms with Crippen LogP contribution in [-0.2, 0) is 9.59 Å². The molecular formula is C17H22FN5O2. The van der Waals surface area contributed by atoms with Crippen LogP contribution in [0.25, 0.3) is 5.69 Å². The summed E-state index contributed by atoms with van der Waals surface area (Å²) >= 11 is 0. The number of para-hydroxylation sites is 1. The average Bonchev–Trinajstić information content (AvgIpc) is 2.86. The lowest BCUT2D eigenvalue weighted by atomic mass is 10.3. The lowest BCUT2D eigenvalue weighted by Crippen LogP contribution is -2.43. The van der Waals surface area contributed by atoms with Gasteiger partial charge >= 0.3 is 0 Å². The summed E-state index contributed by atoms with van der Waals surface area (Å²) in [5.74, 6) is -0.935. The third-order valence-electron chi connectivity index (χ3n) is 3.62. The summed E-state index contributed by atoms with van der Waals surface area (Å²) in [7, 11) is 0. The molecule has 0 bridgehead atoms. The highest BCUT2D eigenvalue weighted by atomic mass is 19.1. The topological polar surface area (TPSA) is 93.3 Å². The zero-order valence-corrected chi connectivity index (χ0v) is 14.5. The van der Waals surface area contributed by atoms with Crippen LogP contribution in [0.4, 0.5) is 10.2 Å². The highest BCUT2D eigenvalue weighted by molar-refractivity contribution is 5.92. The van der Waals surface area contributed by atoms with Crippen molar-refractivity contribution in [1.29, 1.82) is 0 Å². The minimum Gasteiger partial charge on any atom is -0.369 e. The van der Waals surface area contributed by atoms with Gasteiger partial charge in [0.15, 0.2) is 0 Å². The average molecular weight is 347 g/mol. The third kappa shape index (κ3) is 4.87. The Labute approximate surface area is 145 Å². The third-order valence-corrected chi connectivity index (χ3v) is 3.62. The first kappa shape index (κ1) is 18.6. The summed E-state index contributed by atoms with van der Waals surface area (Å²) in [6.07, 6.45) is 0. The van der Waals surface area contributed by atoms with Gasteiger partial charge in [-0.15, -0.1) is 0 Å². The standard InChI is InChI=1S/C17H22FN5O2/c1-11(2)22(9-15(19)24)10-17(25)20-16-8-12(3)21-23(16)14-7-5-4-6-13(14)18/h4-8,11H,9-10H2,1-3H3,(H2,19,24)(H,20,25). The molecule has 1 heterocycles. The van der Waals surface area contributed by atoms with E-state index in [-0.39, 0.29) is 30.7 Å². The zero-order valence-electron chi connectivity index (χ0n) is 14.5. The zero-order chi connectivity index (χ0) is 18.6. The number of aromatic nitrogens is 2. The van der Waals surface area contributed by atoms with Crippen LogP contribution < -0.4 is 11.1 Å². The number of hydrogen-bond acceptors (Lipinski definition) is 4. The molecule has 0 fully saturated rings. The minimum atomic E-state index is -0.506. The van der Waals surface area contributed by atoms with Crippen LogP contribution in [0.1, 0.15) is 19.5 Å². The molecule has 3 N–H and O–H groups in total. The number of carbonyl (C=O) groups excluding carboxylic acids is 2. The Morgan fingerprint density at radius 1 is 1.32 bits per heavy atom. The van der Waals surface area contributed by atoms with E-state index in [1.165, 1.54) is 10.7 Å². The molecule has 0 radical (unpaired) electrons. The summed E-state index contributed by atoms with van der Waals surface area (Å²) < 4.78 is 15.4. The monoisotopic (exact) mass is 347 g/mol. The molecule has 0 saturated carbocycles. The predicted octanol–water partition coefficient (Wildman–Crippen LogP) is 1.45. The fourth-order valence-corrected chi connectivity index (χ4v) is 2.38. The first-order valence-electron chi connectivity index (χ1n) is 7.91. The van der Waals surface area contributed by atoms with Crippen LogP contribution in [0.15, 0.2) is 30.3 Å². The van der Waals surface area contributed by atoms with E-state index < -0.39 is 11.7 Å². The number of benzene rings is 1. The molecule has 2 rings (SSSR count). The Bertz CT molecular complexity index is 772. The maximum Gasteiger partial charge on any atom is 0.239 e. The van der Waals surface area contributed by atoms with E-state index in [4.69, 9.17) is 5.73 Å². The summed E-state index contributed by atoms with van der Waals surface area (Å²) in [4.78, 5) is 25.1. The molecule has 0 unspecified atom stereocenters. The number of primary amides is 1. The summed E-state index contributed by atoms with van der Waals surface area (Å²) in [6, 6.07) is 7.79. The van der Waals surface area contributed by atoms with Crippen molar-refractivity contribution in [3.63, 3.8) is 0 Å². The number of aryl methyl sites for hydroxylation is 1. The van der Waals surface area contributed by atoms with Gasteiger partial charge in [-0.2, -0.15) is 5.10 Å². The highest BCUT2D eigenvalue weighted by Crippen LogP contribution is 2.19. The number of halogens is 1. The molecule has 0 aliphatic rings. The molecule has 0 spiro atoms. The Hall–Kier alpha value is -2.74. The van der Waals surface area contributed by atoms with E-state index in [0.29, 0.717) is 11.5 Å². The summed E-state index contributed by atoms with van der Waals surface area (Å²) in [6.45, 7) is 5.45. The largest absolute Gasteiger partial charge is 0.369 e. The fraction of sp³-hybridized carbons (Fsp3) is 0.353. The molecule has 0 saturated heterocycles.